The van der Waals surface area contributed by atoms with Crippen molar-refractivity contribution in [2.45, 2.75) is 38.8 Å². The van der Waals surface area contributed by atoms with Crippen LogP contribution >= 0.6 is 23.2 Å². The van der Waals surface area contributed by atoms with E-state index >= 15 is 0 Å². The van der Waals surface area contributed by atoms with Crippen molar-refractivity contribution in [2.24, 2.45) is 5.73 Å². The summed E-state index contributed by atoms with van der Waals surface area (Å²) in [6, 6.07) is 3.76. The molecule has 0 bridgehead atoms. The minimum atomic E-state index is -0.730. The van der Waals surface area contributed by atoms with Crippen LogP contribution in [-0.4, -0.2) is 24.0 Å². The van der Waals surface area contributed by atoms with Gasteiger partial charge in [-0.15, -0.1) is 0 Å². The van der Waals surface area contributed by atoms with E-state index in [0.29, 0.717) is 16.5 Å². The van der Waals surface area contributed by atoms with Gasteiger partial charge in [-0.1, -0.05) is 36.2 Å². The van der Waals surface area contributed by atoms with Crippen molar-refractivity contribution in [3.05, 3.63) is 33.8 Å². The second-order valence-corrected chi connectivity index (χ2v) is 5.63. The molecule has 1 aromatic rings. The number of hydrogen-bond acceptors (Lipinski definition) is 2. The predicted octanol–water partition coefficient (Wildman–Crippen LogP) is 2.49. The first-order valence-corrected chi connectivity index (χ1v) is 7.39. The second-order valence-electron chi connectivity index (χ2n) is 4.78. The molecule has 1 rings (SSSR count). The average Bonchev–Trinajstić information content (AvgIpc) is 2.39. The number of nitrogens with one attached hydrogen (secondary N) is 2. The third kappa shape index (κ3) is 5.81. The third-order valence-electron chi connectivity index (χ3n) is 3.07. The first-order valence-electron chi connectivity index (χ1n) is 6.63. The van der Waals surface area contributed by atoms with Crippen LogP contribution in [-0.2, 0) is 11.2 Å². The summed E-state index contributed by atoms with van der Waals surface area (Å²) < 4.78 is 0. The molecule has 0 unspecified atom stereocenters. The van der Waals surface area contributed by atoms with Gasteiger partial charge in [-0.05, 0) is 37.5 Å². The van der Waals surface area contributed by atoms with Gasteiger partial charge in [0.25, 0.3) is 0 Å². The molecule has 0 aliphatic heterocycles. The van der Waals surface area contributed by atoms with Crippen molar-refractivity contribution in [1.82, 2.24) is 10.6 Å². The Labute approximate surface area is 134 Å². The summed E-state index contributed by atoms with van der Waals surface area (Å²) in [6.07, 6.45) is 1.32. The van der Waals surface area contributed by atoms with Gasteiger partial charge in [-0.25, -0.2) is 4.79 Å². The van der Waals surface area contributed by atoms with Gasteiger partial charge in [0, 0.05) is 16.1 Å². The number of nitrogens with two attached hydrogens (primary N) is 1. The number of amides is 3. The maximum atomic E-state index is 11.9. The zero-order chi connectivity index (χ0) is 16.0. The molecule has 5 nitrogen and oxygen atoms in total. The van der Waals surface area contributed by atoms with Gasteiger partial charge < -0.3 is 16.4 Å². The van der Waals surface area contributed by atoms with Crippen LogP contribution in [0, 0.1) is 0 Å². The van der Waals surface area contributed by atoms with Crippen molar-refractivity contribution >= 4 is 35.1 Å². The largest absolute Gasteiger partial charge is 0.352 e. The molecular weight excluding hydrogens is 313 g/mol. The van der Waals surface area contributed by atoms with Gasteiger partial charge in [0.05, 0.1) is 0 Å². The minimum Gasteiger partial charge on any atom is -0.352 e. The van der Waals surface area contributed by atoms with Crippen LogP contribution in [0.15, 0.2) is 18.2 Å². The Morgan fingerprint density at radius 2 is 1.95 bits per heavy atom. The van der Waals surface area contributed by atoms with Crippen LogP contribution in [0.2, 0.25) is 10.0 Å². The summed E-state index contributed by atoms with van der Waals surface area (Å²) in [4.78, 5) is 22.7. The molecule has 1 aromatic carbocycles. The molecule has 0 aliphatic rings. The molecule has 0 fully saturated rings. The van der Waals surface area contributed by atoms with E-state index in [0.717, 1.165) is 12.0 Å². The zero-order valence-electron chi connectivity index (χ0n) is 12.0. The quantitative estimate of drug-likeness (QED) is 0.748. The van der Waals surface area contributed by atoms with Crippen molar-refractivity contribution < 1.29 is 9.59 Å². The monoisotopic (exact) mass is 331 g/mol. The Balaban J connectivity index is 2.66. The van der Waals surface area contributed by atoms with E-state index < -0.39 is 12.1 Å². The first-order chi connectivity index (χ1) is 9.83. The van der Waals surface area contributed by atoms with E-state index in [4.69, 9.17) is 28.9 Å². The molecule has 0 spiro atoms. The number of benzene rings is 1. The summed E-state index contributed by atoms with van der Waals surface area (Å²) in [7, 11) is 0. The minimum absolute atomic E-state index is 0.0895. The Morgan fingerprint density at radius 3 is 2.48 bits per heavy atom. The van der Waals surface area contributed by atoms with Gasteiger partial charge in [-0.2, -0.15) is 0 Å². The Morgan fingerprint density at radius 1 is 1.29 bits per heavy atom. The van der Waals surface area contributed by atoms with Gasteiger partial charge in [-0.3, -0.25) is 4.79 Å². The number of hydrogen-bond donors (Lipinski definition) is 3. The highest BCUT2D eigenvalue weighted by Crippen LogP contribution is 2.22. The van der Waals surface area contributed by atoms with Crippen LogP contribution in [0.1, 0.15) is 25.8 Å². The maximum absolute atomic E-state index is 11.9. The highest BCUT2D eigenvalue weighted by Gasteiger charge is 2.18. The SMILES string of the molecule is CC[C@H](Cc1ccc(Cl)cc1Cl)NC(=O)[C@H](C)NC(N)=O. The van der Waals surface area contributed by atoms with Crippen molar-refractivity contribution in [3.63, 3.8) is 0 Å². The lowest BCUT2D eigenvalue weighted by Gasteiger charge is -2.20. The highest BCUT2D eigenvalue weighted by molar-refractivity contribution is 6.35. The molecule has 0 saturated heterocycles. The lowest BCUT2D eigenvalue weighted by Crippen LogP contribution is -2.49. The standard InChI is InChI=1S/C14H19Cl2N3O2/c1-3-11(19-13(20)8(2)18-14(17)21)6-9-4-5-10(15)7-12(9)16/h4-5,7-8,11H,3,6H2,1-2H3,(H,19,20)(H3,17,18,21)/t8-,11+/m0/s1. The normalized spacial score (nSPS) is 13.3. The average molecular weight is 332 g/mol. The number of carbonyl (C=O) groups excluding carboxylic acids is 2. The Bertz CT molecular complexity index is 523. The fraction of sp³-hybridized carbons (Fsp3) is 0.429. The van der Waals surface area contributed by atoms with Crippen LogP contribution < -0.4 is 16.4 Å². The lowest BCUT2D eigenvalue weighted by atomic mass is 10.0. The predicted molar refractivity (Wildman–Crippen MR) is 84.6 cm³/mol. The number of rotatable bonds is 6. The molecule has 2 atom stereocenters. The number of carbonyl (C=O) groups is 2. The van der Waals surface area contributed by atoms with E-state index in [-0.39, 0.29) is 11.9 Å². The summed E-state index contributed by atoms with van der Waals surface area (Å²) in [5.41, 5.74) is 5.90. The van der Waals surface area contributed by atoms with Crippen molar-refractivity contribution in [3.8, 4) is 0 Å². The van der Waals surface area contributed by atoms with Gasteiger partial charge in [0.1, 0.15) is 6.04 Å². The maximum Gasteiger partial charge on any atom is 0.312 e. The van der Waals surface area contributed by atoms with E-state index in [2.05, 4.69) is 10.6 Å². The topological polar surface area (TPSA) is 84.2 Å². The smallest absolute Gasteiger partial charge is 0.312 e. The lowest BCUT2D eigenvalue weighted by molar-refractivity contribution is -0.123. The van der Waals surface area contributed by atoms with E-state index in [9.17, 15) is 9.59 Å². The molecule has 0 aliphatic carbocycles. The van der Waals surface area contributed by atoms with Crippen LogP contribution in [0.3, 0.4) is 0 Å². The van der Waals surface area contributed by atoms with Crippen molar-refractivity contribution in [2.75, 3.05) is 0 Å². The third-order valence-corrected chi connectivity index (χ3v) is 3.66. The van der Waals surface area contributed by atoms with Crippen LogP contribution in [0.25, 0.3) is 0 Å². The fourth-order valence-electron chi connectivity index (χ4n) is 1.86. The molecule has 3 amide bonds. The molecular formula is C14H19Cl2N3O2. The molecule has 4 N–H and O–H groups in total. The number of urea groups is 1. The van der Waals surface area contributed by atoms with Crippen LogP contribution in [0.4, 0.5) is 4.79 Å². The Kier molecular flexibility index (Phi) is 6.78. The summed E-state index contributed by atoms with van der Waals surface area (Å²) in [5.74, 6) is -0.286. The van der Waals surface area contributed by atoms with Crippen molar-refractivity contribution in [1.29, 1.82) is 0 Å². The molecule has 0 aromatic heterocycles. The number of primary amides is 1. The summed E-state index contributed by atoms with van der Waals surface area (Å²) in [5, 5.41) is 6.34. The second kappa shape index (κ2) is 8.10. The number of halogens is 2. The molecule has 21 heavy (non-hydrogen) atoms. The molecule has 7 heteroatoms. The van der Waals surface area contributed by atoms with E-state index in [1.807, 2.05) is 13.0 Å². The van der Waals surface area contributed by atoms with Gasteiger partial charge in [0.2, 0.25) is 5.91 Å². The molecule has 0 radical (unpaired) electrons. The van der Waals surface area contributed by atoms with Crippen LogP contribution in [0.5, 0.6) is 0 Å². The van der Waals surface area contributed by atoms with Gasteiger partial charge >= 0.3 is 6.03 Å². The summed E-state index contributed by atoms with van der Waals surface area (Å²) in [6.45, 7) is 3.53. The fourth-order valence-corrected chi connectivity index (χ4v) is 2.34. The molecule has 0 saturated carbocycles. The molecule has 0 heterocycles. The highest BCUT2D eigenvalue weighted by atomic mass is 35.5. The van der Waals surface area contributed by atoms with Gasteiger partial charge in [0.15, 0.2) is 0 Å². The molecule has 116 valence electrons. The zero-order valence-corrected chi connectivity index (χ0v) is 13.5. The van der Waals surface area contributed by atoms with E-state index in [1.54, 1.807) is 19.1 Å². The first kappa shape index (κ1) is 17.6. The van der Waals surface area contributed by atoms with E-state index in [1.165, 1.54) is 0 Å². The Hall–Kier alpha value is -1.46. The summed E-state index contributed by atoms with van der Waals surface area (Å²) >= 11 is 12.0.